The Balaban J connectivity index is 1.96. The predicted molar refractivity (Wildman–Crippen MR) is 69.0 cm³/mol. The SMILES string of the molecule is CC(C)CNCC1(O)CCCC12CCOCC2. The molecule has 0 bridgehead atoms. The second kappa shape index (κ2) is 5.25. The van der Waals surface area contributed by atoms with E-state index < -0.39 is 5.60 Å². The van der Waals surface area contributed by atoms with Crippen LogP contribution in [0.5, 0.6) is 0 Å². The van der Waals surface area contributed by atoms with Crippen LogP contribution >= 0.6 is 0 Å². The first-order valence-electron chi connectivity index (χ1n) is 7.09. The quantitative estimate of drug-likeness (QED) is 0.790. The van der Waals surface area contributed by atoms with Crippen LogP contribution in [-0.2, 0) is 4.74 Å². The number of hydrogen-bond acceptors (Lipinski definition) is 3. The summed E-state index contributed by atoms with van der Waals surface area (Å²) in [6, 6.07) is 0. The maximum Gasteiger partial charge on any atom is 0.0829 e. The summed E-state index contributed by atoms with van der Waals surface area (Å²) in [5.41, 5.74) is -0.360. The van der Waals surface area contributed by atoms with Crippen molar-refractivity contribution in [2.24, 2.45) is 11.3 Å². The van der Waals surface area contributed by atoms with E-state index in [9.17, 15) is 5.11 Å². The summed E-state index contributed by atoms with van der Waals surface area (Å²) < 4.78 is 5.46. The van der Waals surface area contributed by atoms with Crippen LogP contribution in [0, 0.1) is 11.3 Å². The average molecular weight is 241 g/mol. The van der Waals surface area contributed by atoms with E-state index in [1.807, 2.05) is 0 Å². The molecule has 2 aliphatic rings. The molecule has 1 heterocycles. The molecular weight excluding hydrogens is 214 g/mol. The van der Waals surface area contributed by atoms with Crippen molar-refractivity contribution in [1.29, 1.82) is 0 Å². The minimum absolute atomic E-state index is 0.134. The molecule has 2 rings (SSSR count). The first-order valence-corrected chi connectivity index (χ1v) is 7.09. The zero-order chi connectivity index (χ0) is 12.4. The maximum absolute atomic E-state index is 11.0. The average Bonchev–Trinajstić information content (AvgIpc) is 2.57. The largest absolute Gasteiger partial charge is 0.388 e. The van der Waals surface area contributed by atoms with Crippen molar-refractivity contribution in [3.8, 4) is 0 Å². The Labute approximate surface area is 105 Å². The van der Waals surface area contributed by atoms with Crippen molar-refractivity contribution in [3.63, 3.8) is 0 Å². The Morgan fingerprint density at radius 3 is 2.53 bits per heavy atom. The summed E-state index contributed by atoms with van der Waals surface area (Å²) in [6.45, 7) is 7.81. The molecule has 0 amide bonds. The van der Waals surface area contributed by atoms with Crippen LogP contribution in [0.2, 0.25) is 0 Å². The van der Waals surface area contributed by atoms with Gasteiger partial charge in [0.25, 0.3) is 0 Å². The van der Waals surface area contributed by atoms with Crippen LogP contribution < -0.4 is 5.32 Å². The number of ether oxygens (including phenoxy) is 1. The normalized spacial score (nSPS) is 32.5. The van der Waals surface area contributed by atoms with E-state index in [0.717, 1.165) is 45.6 Å². The number of hydrogen-bond donors (Lipinski definition) is 2. The van der Waals surface area contributed by atoms with Crippen molar-refractivity contribution in [2.45, 2.75) is 51.6 Å². The smallest absolute Gasteiger partial charge is 0.0829 e. The van der Waals surface area contributed by atoms with Gasteiger partial charge in [-0.2, -0.15) is 0 Å². The van der Waals surface area contributed by atoms with Gasteiger partial charge in [-0.15, -0.1) is 0 Å². The highest BCUT2D eigenvalue weighted by Crippen LogP contribution is 2.52. The van der Waals surface area contributed by atoms with Crippen molar-refractivity contribution >= 4 is 0 Å². The maximum atomic E-state index is 11.0. The van der Waals surface area contributed by atoms with Gasteiger partial charge in [0.05, 0.1) is 5.60 Å². The number of nitrogens with one attached hydrogen (secondary N) is 1. The van der Waals surface area contributed by atoms with Gasteiger partial charge >= 0.3 is 0 Å². The number of aliphatic hydroxyl groups is 1. The molecule has 1 saturated heterocycles. The molecule has 1 unspecified atom stereocenters. The Bertz CT molecular complexity index is 249. The molecule has 2 N–H and O–H groups in total. The fourth-order valence-corrected chi connectivity index (χ4v) is 3.54. The monoisotopic (exact) mass is 241 g/mol. The topological polar surface area (TPSA) is 41.5 Å². The van der Waals surface area contributed by atoms with Gasteiger partial charge in [0, 0.05) is 25.2 Å². The fourth-order valence-electron chi connectivity index (χ4n) is 3.54. The van der Waals surface area contributed by atoms with Crippen molar-refractivity contribution in [1.82, 2.24) is 5.32 Å². The first-order chi connectivity index (χ1) is 8.08. The molecule has 3 heteroatoms. The van der Waals surface area contributed by atoms with Gasteiger partial charge in [-0.1, -0.05) is 13.8 Å². The Hall–Kier alpha value is -0.120. The molecular formula is C14H27NO2. The summed E-state index contributed by atoms with van der Waals surface area (Å²) in [6.07, 6.45) is 5.37. The highest BCUT2D eigenvalue weighted by molar-refractivity contribution is 5.05. The molecule has 1 saturated carbocycles. The predicted octanol–water partition coefficient (Wildman–Crippen LogP) is 1.94. The van der Waals surface area contributed by atoms with Crippen LogP contribution in [0.4, 0.5) is 0 Å². The molecule has 1 atom stereocenters. The van der Waals surface area contributed by atoms with Gasteiger partial charge < -0.3 is 15.2 Å². The molecule has 3 nitrogen and oxygen atoms in total. The van der Waals surface area contributed by atoms with Crippen LogP contribution in [0.1, 0.15) is 46.0 Å². The molecule has 0 aromatic rings. The molecule has 1 aliphatic carbocycles. The van der Waals surface area contributed by atoms with E-state index in [4.69, 9.17) is 4.74 Å². The Kier molecular flexibility index (Phi) is 4.11. The molecule has 1 spiro atoms. The van der Waals surface area contributed by atoms with Crippen molar-refractivity contribution < 1.29 is 9.84 Å². The molecule has 0 radical (unpaired) electrons. The second-order valence-electron chi connectivity index (χ2n) is 6.30. The Morgan fingerprint density at radius 2 is 1.88 bits per heavy atom. The third-order valence-corrected chi connectivity index (χ3v) is 4.65. The number of rotatable bonds is 4. The van der Waals surface area contributed by atoms with E-state index in [1.165, 1.54) is 12.8 Å². The molecule has 100 valence electrons. The zero-order valence-electron chi connectivity index (χ0n) is 11.3. The van der Waals surface area contributed by atoms with Crippen LogP contribution in [0.25, 0.3) is 0 Å². The fraction of sp³-hybridized carbons (Fsp3) is 1.00. The summed E-state index contributed by atoms with van der Waals surface area (Å²) in [7, 11) is 0. The molecule has 1 aliphatic heterocycles. The molecule has 2 fully saturated rings. The van der Waals surface area contributed by atoms with E-state index in [2.05, 4.69) is 19.2 Å². The van der Waals surface area contributed by atoms with Gasteiger partial charge in [0.2, 0.25) is 0 Å². The van der Waals surface area contributed by atoms with Gasteiger partial charge in [-0.3, -0.25) is 0 Å². The van der Waals surface area contributed by atoms with Crippen molar-refractivity contribution in [2.75, 3.05) is 26.3 Å². The van der Waals surface area contributed by atoms with Crippen molar-refractivity contribution in [3.05, 3.63) is 0 Å². The van der Waals surface area contributed by atoms with Gasteiger partial charge in [-0.25, -0.2) is 0 Å². The lowest BCUT2D eigenvalue weighted by Crippen LogP contribution is -2.53. The van der Waals surface area contributed by atoms with E-state index in [-0.39, 0.29) is 5.41 Å². The molecule has 17 heavy (non-hydrogen) atoms. The summed E-state index contributed by atoms with van der Waals surface area (Å²) >= 11 is 0. The lowest BCUT2D eigenvalue weighted by atomic mass is 9.69. The molecule has 0 aromatic carbocycles. The minimum atomic E-state index is -0.494. The van der Waals surface area contributed by atoms with Crippen LogP contribution in [0.15, 0.2) is 0 Å². The zero-order valence-corrected chi connectivity index (χ0v) is 11.3. The van der Waals surface area contributed by atoms with Gasteiger partial charge in [0.15, 0.2) is 0 Å². The lowest BCUT2D eigenvalue weighted by molar-refractivity contribution is -0.111. The van der Waals surface area contributed by atoms with Crippen LogP contribution in [-0.4, -0.2) is 37.0 Å². The first kappa shape index (κ1) is 13.3. The van der Waals surface area contributed by atoms with Gasteiger partial charge in [0.1, 0.15) is 0 Å². The van der Waals surface area contributed by atoms with E-state index >= 15 is 0 Å². The van der Waals surface area contributed by atoms with E-state index in [0.29, 0.717) is 5.92 Å². The van der Waals surface area contributed by atoms with Crippen LogP contribution in [0.3, 0.4) is 0 Å². The summed E-state index contributed by atoms with van der Waals surface area (Å²) in [5.74, 6) is 0.644. The second-order valence-corrected chi connectivity index (χ2v) is 6.30. The highest BCUT2D eigenvalue weighted by atomic mass is 16.5. The van der Waals surface area contributed by atoms with Gasteiger partial charge in [-0.05, 0) is 44.6 Å². The molecule has 0 aromatic heterocycles. The van der Waals surface area contributed by atoms with E-state index in [1.54, 1.807) is 0 Å². The highest BCUT2D eigenvalue weighted by Gasteiger charge is 2.53. The third-order valence-electron chi connectivity index (χ3n) is 4.65. The summed E-state index contributed by atoms with van der Waals surface area (Å²) in [4.78, 5) is 0. The summed E-state index contributed by atoms with van der Waals surface area (Å²) in [5, 5.41) is 14.4. The third kappa shape index (κ3) is 2.67. The lowest BCUT2D eigenvalue weighted by Gasteiger charge is -2.45. The minimum Gasteiger partial charge on any atom is -0.388 e. The Morgan fingerprint density at radius 1 is 1.18 bits per heavy atom. The standard InChI is InChI=1S/C14H27NO2/c1-12(2)10-15-11-14(16)5-3-4-13(14)6-8-17-9-7-13/h12,15-16H,3-11H2,1-2H3.